The van der Waals surface area contributed by atoms with Gasteiger partial charge in [0.05, 0.1) is 13.7 Å². The molecule has 1 aromatic heterocycles. The second-order valence-electron chi connectivity index (χ2n) is 5.59. The topological polar surface area (TPSA) is 68.3 Å². The van der Waals surface area contributed by atoms with Gasteiger partial charge in [-0.3, -0.25) is 0 Å². The lowest BCUT2D eigenvalue weighted by atomic mass is 10.2. The molecule has 0 spiro atoms. The van der Waals surface area contributed by atoms with Crippen molar-refractivity contribution in [1.82, 2.24) is 9.97 Å². The van der Waals surface area contributed by atoms with Crippen molar-refractivity contribution in [2.45, 2.75) is 33.2 Å². The lowest BCUT2D eigenvalue weighted by Crippen LogP contribution is -2.17. The fourth-order valence-corrected chi connectivity index (χ4v) is 2.11. The van der Waals surface area contributed by atoms with Crippen LogP contribution in [0.3, 0.4) is 0 Å². The molecule has 2 aromatic rings. The van der Waals surface area contributed by atoms with Gasteiger partial charge in [-0.05, 0) is 44.5 Å². The summed E-state index contributed by atoms with van der Waals surface area (Å²) in [5.41, 5.74) is 0. The van der Waals surface area contributed by atoms with E-state index >= 15 is 0 Å². The molecule has 1 heterocycles. The summed E-state index contributed by atoms with van der Waals surface area (Å²) >= 11 is 0. The molecule has 130 valence electrons. The summed E-state index contributed by atoms with van der Waals surface area (Å²) in [6, 6.07) is 9.84. The minimum Gasteiger partial charge on any atom is -0.497 e. The maximum absolute atomic E-state index is 5.69. The van der Waals surface area contributed by atoms with Crippen LogP contribution in [0.4, 0.5) is 11.6 Å². The van der Waals surface area contributed by atoms with Gasteiger partial charge in [0.15, 0.2) is 0 Å². The normalized spacial score (nSPS) is 11.7. The zero-order chi connectivity index (χ0) is 17.4. The van der Waals surface area contributed by atoms with Gasteiger partial charge in [0.1, 0.15) is 35.6 Å². The van der Waals surface area contributed by atoms with Crippen molar-refractivity contribution in [3.8, 4) is 11.5 Å². The molecule has 1 unspecified atom stereocenters. The number of aryl methyl sites for hydroxylation is 1. The Hall–Kier alpha value is -2.50. The van der Waals surface area contributed by atoms with Gasteiger partial charge in [0.25, 0.3) is 0 Å². The maximum Gasteiger partial charge on any atom is 0.132 e. The first-order valence-electron chi connectivity index (χ1n) is 8.23. The van der Waals surface area contributed by atoms with E-state index in [2.05, 4.69) is 34.4 Å². The molecular formula is C18H26N4O2. The highest BCUT2D eigenvalue weighted by Gasteiger charge is 2.04. The molecule has 2 rings (SSSR count). The molecule has 6 nitrogen and oxygen atoms in total. The first-order valence-corrected chi connectivity index (χ1v) is 8.23. The first-order chi connectivity index (χ1) is 11.6. The van der Waals surface area contributed by atoms with Crippen LogP contribution in [0.1, 0.15) is 26.1 Å². The molecule has 1 atom stereocenters. The van der Waals surface area contributed by atoms with Crippen molar-refractivity contribution >= 4 is 11.6 Å². The molecule has 0 aliphatic rings. The van der Waals surface area contributed by atoms with Crippen LogP contribution in [0.5, 0.6) is 11.5 Å². The Bertz CT molecular complexity index is 631. The van der Waals surface area contributed by atoms with Gasteiger partial charge in [-0.1, -0.05) is 6.92 Å². The molecule has 0 saturated heterocycles. The monoisotopic (exact) mass is 330 g/mol. The molecule has 2 N–H and O–H groups in total. The van der Waals surface area contributed by atoms with Crippen molar-refractivity contribution in [2.24, 2.45) is 0 Å². The van der Waals surface area contributed by atoms with Gasteiger partial charge in [-0.15, -0.1) is 0 Å². The van der Waals surface area contributed by atoms with Crippen molar-refractivity contribution in [3.63, 3.8) is 0 Å². The average Bonchev–Trinajstić information content (AvgIpc) is 2.58. The van der Waals surface area contributed by atoms with E-state index in [9.17, 15) is 0 Å². The number of hydrogen-bond donors (Lipinski definition) is 2. The second kappa shape index (κ2) is 8.96. The summed E-state index contributed by atoms with van der Waals surface area (Å²) in [6.07, 6.45) is 1.04. The van der Waals surface area contributed by atoms with Gasteiger partial charge in [0.2, 0.25) is 0 Å². The predicted molar refractivity (Wildman–Crippen MR) is 97.1 cm³/mol. The molecule has 0 fully saturated rings. The molecule has 6 heteroatoms. The fourth-order valence-electron chi connectivity index (χ4n) is 2.11. The highest BCUT2D eigenvalue weighted by Crippen LogP contribution is 2.17. The summed E-state index contributed by atoms with van der Waals surface area (Å²) in [4.78, 5) is 8.81. The van der Waals surface area contributed by atoms with Crippen LogP contribution in [0.15, 0.2) is 30.3 Å². The van der Waals surface area contributed by atoms with E-state index in [-0.39, 0.29) is 0 Å². The van der Waals surface area contributed by atoms with Crippen molar-refractivity contribution in [1.29, 1.82) is 0 Å². The number of nitrogens with one attached hydrogen (secondary N) is 2. The Morgan fingerprint density at radius 2 is 1.75 bits per heavy atom. The number of nitrogens with zero attached hydrogens (tertiary/aromatic N) is 2. The number of ether oxygens (including phenoxy) is 2. The lowest BCUT2D eigenvalue weighted by Gasteiger charge is -2.14. The van der Waals surface area contributed by atoms with Gasteiger partial charge >= 0.3 is 0 Å². The van der Waals surface area contributed by atoms with Crippen molar-refractivity contribution < 1.29 is 9.47 Å². The van der Waals surface area contributed by atoms with Crippen LogP contribution in [-0.2, 0) is 0 Å². The summed E-state index contributed by atoms with van der Waals surface area (Å²) < 4.78 is 10.8. The number of anilines is 2. The van der Waals surface area contributed by atoms with Crippen LogP contribution in [0.25, 0.3) is 0 Å². The molecule has 0 radical (unpaired) electrons. The fraction of sp³-hybridized carbons (Fsp3) is 0.444. The number of aromatic nitrogens is 2. The highest BCUT2D eigenvalue weighted by atomic mass is 16.5. The average molecular weight is 330 g/mol. The first kappa shape index (κ1) is 17.8. The van der Waals surface area contributed by atoms with Crippen LogP contribution >= 0.6 is 0 Å². The zero-order valence-electron chi connectivity index (χ0n) is 14.8. The van der Waals surface area contributed by atoms with Crippen LogP contribution in [-0.4, -0.2) is 36.3 Å². The van der Waals surface area contributed by atoms with E-state index in [4.69, 9.17) is 9.47 Å². The SMILES string of the molecule is CCC(C)Nc1cc(NCCOc2ccc(OC)cc2)nc(C)n1. The standard InChI is InChI=1S/C18H26N4O2/c1-5-13(2)20-18-12-17(21-14(3)22-18)19-10-11-24-16-8-6-15(23-4)7-9-16/h6-9,12-13H,5,10-11H2,1-4H3,(H2,19,20,21,22). The third-order valence-electron chi connectivity index (χ3n) is 3.58. The molecule has 0 amide bonds. The maximum atomic E-state index is 5.69. The summed E-state index contributed by atoms with van der Waals surface area (Å²) in [5, 5.41) is 6.63. The van der Waals surface area contributed by atoms with Crippen LogP contribution < -0.4 is 20.1 Å². The molecule has 0 bridgehead atoms. The van der Waals surface area contributed by atoms with Crippen LogP contribution in [0, 0.1) is 6.92 Å². The molecule has 1 aromatic carbocycles. The van der Waals surface area contributed by atoms with E-state index in [1.807, 2.05) is 37.3 Å². The minimum atomic E-state index is 0.380. The summed E-state index contributed by atoms with van der Waals surface area (Å²) in [6.45, 7) is 7.37. The second-order valence-corrected chi connectivity index (χ2v) is 5.59. The largest absolute Gasteiger partial charge is 0.497 e. The zero-order valence-corrected chi connectivity index (χ0v) is 14.8. The van der Waals surface area contributed by atoms with Crippen LogP contribution in [0.2, 0.25) is 0 Å². The molecule has 0 aliphatic carbocycles. The van der Waals surface area contributed by atoms with E-state index in [1.165, 1.54) is 0 Å². The Morgan fingerprint density at radius 3 is 2.42 bits per heavy atom. The molecule has 24 heavy (non-hydrogen) atoms. The predicted octanol–water partition coefficient (Wildman–Crippen LogP) is 3.49. The van der Waals surface area contributed by atoms with E-state index in [0.29, 0.717) is 19.2 Å². The van der Waals surface area contributed by atoms with E-state index in [0.717, 1.165) is 35.4 Å². The Kier molecular flexibility index (Phi) is 6.66. The smallest absolute Gasteiger partial charge is 0.132 e. The van der Waals surface area contributed by atoms with E-state index in [1.54, 1.807) is 7.11 Å². The molecular weight excluding hydrogens is 304 g/mol. The highest BCUT2D eigenvalue weighted by molar-refractivity contribution is 5.48. The number of methoxy groups -OCH3 is 1. The number of rotatable bonds is 9. The quantitative estimate of drug-likeness (QED) is 0.686. The van der Waals surface area contributed by atoms with Crippen molar-refractivity contribution in [3.05, 3.63) is 36.2 Å². The Morgan fingerprint density at radius 1 is 1.08 bits per heavy atom. The number of hydrogen-bond acceptors (Lipinski definition) is 6. The number of benzene rings is 1. The minimum absolute atomic E-state index is 0.380. The summed E-state index contributed by atoms with van der Waals surface area (Å²) in [5.74, 6) is 4.01. The van der Waals surface area contributed by atoms with Crippen molar-refractivity contribution in [2.75, 3.05) is 30.9 Å². The Labute approximate surface area is 143 Å². The van der Waals surface area contributed by atoms with Gasteiger partial charge < -0.3 is 20.1 Å². The molecule has 0 saturated carbocycles. The third kappa shape index (κ3) is 5.61. The molecule has 0 aliphatic heterocycles. The summed E-state index contributed by atoms with van der Waals surface area (Å²) in [7, 11) is 1.65. The van der Waals surface area contributed by atoms with Gasteiger partial charge in [-0.2, -0.15) is 0 Å². The van der Waals surface area contributed by atoms with E-state index < -0.39 is 0 Å². The lowest BCUT2D eigenvalue weighted by molar-refractivity contribution is 0.331. The van der Waals surface area contributed by atoms with Gasteiger partial charge in [0, 0.05) is 12.1 Å². The Balaban J connectivity index is 1.82. The van der Waals surface area contributed by atoms with Gasteiger partial charge in [-0.25, -0.2) is 9.97 Å². The third-order valence-corrected chi connectivity index (χ3v) is 3.58.